The van der Waals surface area contributed by atoms with Crippen molar-refractivity contribution in [2.45, 2.75) is 20.1 Å². The van der Waals surface area contributed by atoms with E-state index in [2.05, 4.69) is 26.3 Å². The average Bonchev–Trinajstić information content (AvgIpc) is 3.18. The lowest BCUT2D eigenvalue weighted by molar-refractivity contribution is -0.386. The molecule has 1 aromatic heterocycles. The van der Waals surface area contributed by atoms with E-state index < -0.39 is 4.92 Å². The van der Waals surface area contributed by atoms with Gasteiger partial charge in [-0.05, 0) is 69.9 Å². The van der Waals surface area contributed by atoms with Crippen LogP contribution in [0.5, 0.6) is 5.75 Å². The molecular weight excluding hydrogens is 519 g/mol. The van der Waals surface area contributed by atoms with Gasteiger partial charge in [0.25, 0.3) is 5.91 Å². The summed E-state index contributed by atoms with van der Waals surface area (Å²) in [6.45, 7) is 2.23. The highest BCUT2D eigenvalue weighted by molar-refractivity contribution is 9.10. The summed E-state index contributed by atoms with van der Waals surface area (Å²) >= 11 is 3.40. The number of amides is 1. The minimum Gasteiger partial charge on any atom is -0.482 e. The molecule has 4 rings (SSSR count). The maximum absolute atomic E-state index is 13.1. The van der Waals surface area contributed by atoms with Crippen molar-refractivity contribution in [2.24, 2.45) is 0 Å². The zero-order chi connectivity index (χ0) is 24.9. The number of carbonyl (C=O) groups excluding carboxylic acids is 1. The van der Waals surface area contributed by atoms with E-state index in [1.807, 2.05) is 0 Å². The molecule has 0 spiro atoms. The first-order valence-corrected chi connectivity index (χ1v) is 11.3. The number of carbonyl (C=O) groups is 1. The van der Waals surface area contributed by atoms with E-state index in [0.29, 0.717) is 28.0 Å². The molecule has 0 saturated heterocycles. The number of nitro groups is 1. The number of aromatic nitrogens is 2. The first-order valence-electron chi connectivity index (χ1n) is 10.5. The molecule has 1 amide bonds. The van der Waals surface area contributed by atoms with Gasteiger partial charge in [-0.3, -0.25) is 19.6 Å². The molecule has 0 atom stereocenters. The molecule has 35 heavy (non-hydrogen) atoms. The van der Waals surface area contributed by atoms with Gasteiger partial charge in [-0.2, -0.15) is 5.10 Å². The largest absolute Gasteiger partial charge is 0.482 e. The van der Waals surface area contributed by atoms with Crippen LogP contribution < -0.4 is 10.1 Å². The van der Waals surface area contributed by atoms with Gasteiger partial charge >= 0.3 is 5.69 Å². The minimum absolute atomic E-state index is 0.0566. The van der Waals surface area contributed by atoms with E-state index in [-0.39, 0.29) is 29.8 Å². The lowest BCUT2D eigenvalue weighted by atomic mass is 10.1. The molecule has 1 N–H and O–H groups in total. The summed E-state index contributed by atoms with van der Waals surface area (Å²) in [5, 5.41) is 18.4. The Morgan fingerprint density at radius 2 is 1.91 bits per heavy atom. The van der Waals surface area contributed by atoms with Crippen LogP contribution in [0.4, 0.5) is 15.9 Å². The van der Waals surface area contributed by atoms with E-state index in [4.69, 9.17) is 4.74 Å². The van der Waals surface area contributed by atoms with Crippen LogP contribution in [0.1, 0.15) is 27.0 Å². The summed E-state index contributed by atoms with van der Waals surface area (Å²) < 4.78 is 21.0. The van der Waals surface area contributed by atoms with Gasteiger partial charge in [-0.15, -0.1) is 0 Å². The number of nitrogens with zero attached hydrogens (tertiary/aromatic N) is 3. The molecule has 0 aliphatic rings. The predicted molar refractivity (Wildman–Crippen MR) is 132 cm³/mol. The third-order valence-electron chi connectivity index (χ3n) is 5.10. The Balaban J connectivity index is 1.43. The van der Waals surface area contributed by atoms with E-state index in [0.717, 1.165) is 11.1 Å². The number of hydrogen-bond donors (Lipinski definition) is 1. The fourth-order valence-corrected chi connectivity index (χ4v) is 3.79. The molecule has 10 heteroatoms. The van der Waals surface area contributed by atoms with Crippen LogP contribution in [-0.2, 0) is 13.2 Å². The number of aryl methyl sites for hydroxylation is 1. The number of nitro benzene ring substituents is 1. The first kappa shape index (κ1) is 24.1. The van der Waals surface area contributed by atoms with Crippen LogP contribution in [0.2, 0.25) is 0 Å². The van der Waals surface area contributed by atoms with E-state index in [1.54, 1.807) is 66.3 Å². The predicted octanol–water partition coefficient (Wildman–Crippen LogP) is 5.88. The number of benzene rings is 3. The highest BCUT2D eigenvalue weighted by Crippen LogP contribution is 2.28. The second-order valence-electron chi connectivity index (χ2n) is 7.82. The van der Waals surface area contributed by atoms with Gasteiger partial charge in [0, 0.05) is 17.8 Å². The standard InChI is InChI=1S/C25H20BrFN4O4/c1-16-5-10-23(22(11-16)31(33)34)35-15-18-3-2-4-19(12-18)25(32)28-24-21(26)14-30(29-24)13-17-6-8-20(27)9-7-17/h2-12,14H,13,15H2,1H3,(H,28,29,32). The van der Waals surface area contributed by atoms with Gasteiger partial charge in [0.15, 0.2) is 11.6 Å². The molecule has 0 saturated carbocycles. The maximum atomic E-state index is 13.1. The van der Waals surface area contributed by atoms with E-state index in [9.17, 15) is 19.3 Å². The summed E-state index contributed by atoms with van der Waals surface area (Å²) in [5.74, 6) is -0.186. The van der Waals surface area contributed by atoms with Gasteiger partial charge in [-0.25, -0.2) is 4.39 Å². The second kappa shape index (κ2) is 10.5. The highest BCUT2D eigenvalue weighted by Gasteiger charge is 2.16. The molecule has 0 aliphatic heterocycles. The summed E-state index contributed by atoms with van der Waals surface area (Å²) in [6, 6.07) is 17.6. The molecule has 0 radical (unpaired) electrons. The summed E-state index contributed by atoms with van der Waals surface area (Å²) in [6.07, 6.45) is 1.72. The van der Waals surface area contributed by atoms with Crippen molar-refractivity contribution in [2.75, 3.05) is 5.32 Å². The topological polar surface area (TPSA) is 99.3 Å². The summed E-state index contributed by atoms with van der Waals surface area (Å²) in [7, 11) is 0. The lowest BCUT2D eigenvalue weighted by Gasteiger charge is -2.09. The van der Waals surface area contributed by atoms with Crippen molar-refractivity contribution in [1.82, 2.24) is 9.78 Å². The molecule has 0 bridgehead atoms. The van der Waals surface area contributed by atoms with Gasteiger partial charge in [-0.1, -0.05) is 30.3 Å². The molecule has 0 aliphatic carbocycles. The second-order valence-corrected chi connectivity index (χ2v) is 8.68. The fourth-order valence-electron chi connectivity index (χ4n) is 3.37. The summed E-state index contributed by atoms with van der Waals surface area (Å²) in [4.78, 5) is 23.6. The average molecular weight is 539 g/mol. The van der Waals surface area contributed by atoms with E-state index in [1.165, 1.54) is 18.2 Å². The Hall–Kier alpha value is -4.05. The van der Waals surface area contributed by atoms with Gasteiger partial charge < -0.3 is 10.1 Å². The zero-order valence-corrected chi connectivity index (χ0v) is 20.2. The van der Waals surface area contributed by atoms with Crippen LogP contribution in [0, 0.1) is 22.9 Å². The van der Waals surface area contributed by atoms with E-state index >= 15 is 0 Å². The number of nitrogens with one attached hydrogen (secondary N) is 1. The SMILES string of the molecule is Cc1ccc(OCc2cccc(C(=O)Nc3nn(Cc4ccc(F)cc4)cc3Br)c2)c([N+](=O)[O-])c1. The van der Waals surface area contributed by atoms with Crippen LogP contribution in [0.15, 0.2) is 77.4 Å². The van der Waals surface area contributed by atoms with Gasteiger partial charge in [0.2, 0.25) is 0 Å². The maximum Gasteiger partial charge on any atom is 0.311 e. The molecular formula is C25H20BrFN4O4. The van der Waals surface area contributed by atoms with Crippen molar-refractivity contribution in [3.05, 3.63) is 116 Å². The van der Waals surface area contributed by atoms with Crippen LogP contribution in [0.25, 0.3) is 0 Å². The number of anilines is 1. The third-order valence-corrected chi connectivity index (χ3v) is 5.68. The quantitative estimate of drug-likeness (QED) is 0.223. The van der Waals surface area contributed by atoms with Crippen LogP contribution in [-0.4, -0.2) is 20.6 Å². The van der Waals surface area contributed by atoms with Crippen LogP contribution >= 0.6 is 15.9 Å². The summed E-state index contributed by atoms with van der Waals surface area (Å²) in [5.41, 5.74) is 2.56. The molecule has 8 nitrogen and oxygen atoms in total. The number of halogens is 2. The molecule has 178 valence electrons. The van der Waals surface area contributed by atoms with Crippen molar-refractivity contribution in [1.29, 1.82) is 0 Å². The highest BCUT2D eigenvalue weighted by atomic mass is 79.9. The van der Waals surface area contributed by atoms with Crippen molar-refractivity contribution in [3.63, 3.8) is 0 Å². The zero-order valence-electron chi connectivity index (χ0n) is 18.6. The molecule has 0 unspecified atom stereocenters. The molecule has 3 aromatic carbocycles. The Morgan fingerprint density at radius 1 is 1.14 bits per heavy atom. The van der Waals surface area contributed by atoms with Gasteiger partial charge in [0.1, 0.15) is 12.4 Å². The lowest BCUT2D eigenvalue weighted by Crippen LogP contribution is -2.13. The number of rotatable bonds is 8. The number of hydrogen-bond acceptors (Lipinski definition) is 5. The third kappa shape index (κ3) is 6.10. The minimum atomic E-state index is -0.487. The first-order chi connectivity index (χ1) is 16.8. The molecule has 0 fully saturated rings. The molecule has 4 aromatic rings. The monoisotopic (exact) mass is 538 g/mol. The van der Waals surface area contributed by atoms with Crippen molar-refractivity contribution >= 4 is 33.3 Å². The van der Waals surface area contributed by atoms with Crippen molar-refractivity contribution in [3.8, 4) is 5.75 Å². The fraction of sp³-hybridized carbons (Fsp3) is 0.120. The van der Waals surface area contributed by atoms with Crippen molar-refractivity contribution < 1.29 is 18.8 Å². The Bertz CT molecular complexity index is 1390. The Kier molecular flexibility index (Phi) is 7.21. The number of ether oxygens (including phenoxy) is 1. The Morgan fingerprint density at radius 3 is 2.66 bits per heavy atom. The van der Waals surface area contributed by atoms with Gasteiger partial charge in [0.05, 0.1) is 15.9 Å². The normalized spacial score (nSPS) is 10.7. The Labute approximate surface area is 208 Å². The molecule has 1 heterocycles. The van der Waals surface area contributed by atoms with Crippen LogP contribution in [0.3, 0.4) is 0 Å². The smallest absolute Gasteiger partial charge is 0.311 e.